The van der Waals surface area contributed by atoms with E-state index in [0.29, 0.717) is 23.6 Å². The van der Waals surface area contributed by atoms with Crippen LogP contribution in [0.4, 0.5) is 15.9 Å². The highest BCUT2D eigenvalue weighted by atomic mass is 19.1. The maximum Gasteiger partial charge on any atom is 0.179 e. The zero-order chi connectivity index (χ0) is 19.5. The van der Waals surface area contributed by atoms with Crippen LogP contribution in [0.15, 0.2) is 60.8 Å². The first kappa shape index (κ1) is 17.5. The van der Waals surface area contributed by atoms with Crippen molar-refractivity contribution >= 4 is 22.5 Å². The van der Waals surface area contributed by atoms with Crippen molar-refractivity contribution in [3.8, 4) is 11.8 Å². The maximum atomic E-state index is 13.9. The van der Waals surface area contributed by atoms with Crippen molar-refractivity contribution in [2.75, 3.05) is 12.4 Å². The second-order valence-electron chi connectivity index (χ2n) is 6.16. The molecule has 0 saturated carbocycles. The first-order valence-corrected chi connectivity index (χ1v) is 8.59. The molecule has 28 heavy (non-hydrogen) atoms. The van der Waals surface area contributed by atoms with E-state index in [4.69, 9.17) is 10.00 Å². The van der Waals surface area contributed by atoms with Crippen LogP contribution in [0.3, 0.4) is 0 Å². The number of nitrogens with zero attached hydrogens (tertiary/aromatic N) is 4. The predicted octanol–water partition coefficient (Wildman–Crippen LogP) is 4.24. The predicted molar refractivity (Wildman–Crippen MR) is 104 cm³/mol. The molecule has 0 aliphatic heterocycles. The third-order valence-electron chi connectivity index (χ3n) is 4.35. The number of hydrogen-bond donors (Lipinski definition) is 1. The molecule has 6 nitrogen and oxygen atoms in total. The molecule has 0 unspecified atom stereocenters. The van der Waals surface area contributed by atoms with E-state index < -0.39 is 5.82 Å². The molecule has 2 aromatic carbocycles. The fourth-order valence-corrected chi connectivity index (χ4v) is 2.94. The minimum Gasteiger partial charge on any atom is -0.497 e. The topological polar surface area (TPSA) is 75.8 Å². The average Bonchev–Trinajstić information content (AvgIpc) is 3.06. The van der Waals surface area contributed by atoms with E-state index >= 15 is 0 Å². The van der Waals surface area contributed by atoms with Crippen LogP contribution in [0.2, 0.25) is 0 Å². The molecule has 0 amide bonds. The zero-order valence-electron chi connectivity index (χ0n) is 15.1. The highest BCUT2D eigenvalue weighted by Gasteiger charge is 2.13. The smallest absolute Gasteiger partial charge is 0.179 e. The Hall–Kier alpha value is -3.92. The molecule has 2 aromatic heterocycles. The summed E-state index contributed by atoms with van der Waals surface area (Å²) in [6, 6.07) is 17.7. The Balaban J connectivity index is 1.68. The van der Waals surface area contributed by atoms with E-state index in [1.807, 2.05) is 47.1 Å². The lowest BCUT2D eigenvalue weighted by atomic mass is 10.2. The number of fused-ring (bicyclic) bond motifs is 1. The Morgan fingerprint density at radius 1 is 1.18 bits per heavy atom. The Kier molecular flexibility index (Phi) is 4.60. The van der Waals surface area contributed by atoms with Gasteiger partial charge in [0.1, 0.15) is 23.2 Å². The first-order chi connectivity index (χ1) is 13.7. The summed E-state index contributed by atoms with van der Waals surface area (Å²) in [5, 5.41) is 16.6. The number of hydrogen-bond acceptors (Lipinski definition) is 5. The first-order valence-electron chi connectivity index (χ1n) is 8.59. The lowest BCUT2D eigenvalue weighted by molar-refractivity contribution is 0.414. The van der Waals surface area contributed by atoms with Crippen molar-refractivity contribution in [1.82, 2.24) is 14.8 Å². The van der Waals surface area contributed by atoms with Gasteiger partial charge in [-0.2, -0.15) is 10.4 Å². The summed E-state index contributed by atoms with van der Waals surface area (Å²) in [5.74, 6) is 0.733. The van der Waals surface area contributed by atoms with Gasteiger partial charge in [0.25, 0.3) is 0 Å². The molecule has 0 bridgehead atoms. The third kappa shape index (κ3) is 3.35. The van der Waals surface area contributed by atoms with Gasteiger partial charge < -0.3 is 10.1 Å². The molecule has 0 radical (unpaired) electrons. The number of nitriles is 1. The monoisotopic (exact) mass is 373 g/mol. The Morgan fingerprint density at radius 3 is 2.71 bits per heavy atom. The lowest BCUT2D eigenvalue weighted by Gasteiger charge is -2.05. The summed E-state index contributed by atoms with van der Waals surface area (Å²) in [5.41, 5.74) is 3.09. The van der Waals surface area contributed by atoms with Crippen molar-refractivity contribution in [2.24, 2.45) is 0 Å². The standard InChI is InChI=1S/C21H16FN5O/c1-28-17-8-4-14(5-9-17)13-27-19-3-2-10-24-20(19)21(26-27)25-16-7-6-15(12-23)18(22)11-16/h2-11H,13H2,1H3,(H,25,26). The number of anilines is 2. The largest absolute Gasteiger partial charge is 0.497 e. The molecule has 0 saturated heterocycles. The van der Waals surface area contributed by atoms with Crippen LogP contribution < -0.4 is 10.1 Å². The van der Waals surface area contributed by atoms with Gasteiger partial charge in [0, 0.05) is 11.9 Å². The van der Waals surface area contributed by atoms with Crippen LogP contribution in [0.25, 0.3) is 11.0 Å². The molecule has 0 fully saturated rings. The molecule has 2 heterocycles. The lowest BCUT2D eigenvalue weighted by Crippen LogP contribution is -2.02. The number of pyridine rings is 1. The number of ether oxygens (including phenoxy) is 1. The van der Waals surface area contributed by atoms with E-state index in [-0.39, 0.29) is 5.56 Å². The third-order valence-corrected chi connectivity index (χ3v) is 4.35. The molecule has 4 rings (SSSR count). The van der Waals surface area contributed by atoms with E-state index in [2.05, 4.69) is 15.4 Å². The van der Waals surface area contributed by atoms with E-state index in [1.165, 1.54) is 12.1 Å². The molecular weight excluding hydrogens is 357 g/mol. The van der Waals surface area contributed by atoms with Gasteiger partial charge in [-0.3, -0.25) is 9.67 Å². The zero-order valence-corrected chi connectivity index (χ0v) is 15.1. The van der Waals surface area contributed by atoms with Crippen LogP contribution in [0.5, 0.6) is 5.75 Å². The molecule has 0 aliphatic rings. The van der Waals surface area contributed by atoms with Crippen molar-refractivity contribution in [3.63, 3.8) is 0 Å². The van der Waals surface area contributed by atoms with Gasteiger partial charge >= 0.3 is 0 Å². The highest BCUT2D eigenvalue weighted by Crippen LogP contribution is 2.26. The Bertz CT molecular complexity index is 1180. The molecule has 0 aliphatic carbocycles. The minimum absolute atomic E-state index is 0.00133. The summed E-state index contributed by atoms with van der Waals surface area (Å²) >= 11 is 0. The van der Waals surface area contributed by atoms with Crippen molar-refractivity contribution in [3.05, 3.63) is 77.7 Å². The summed E-state index contributed by atoms with van der Waals surface area (Å²) in [6.07, 6.45) is 1.69. The molecule has 7 heteroatoms. The van der Waals surface area contributed by atoms with Gasteiger partial charge in [0.2, 0.25) is 0 Å². The van der Waals surface area contributed by atoms with Crippen LogP contribution in [-0.2, 0) is 6.54 Å². The van der Waals surface area contributed by atoms with Crippen molar-refractivity contribution < 1.29 is 9.13 Å². The summed E-state index contributed by atoms with van der Waals surface area (Å²) in [7, 11) is 1.63. The van der Waals surface area contributed by atoms with Crippen LogP contribution in [0.1, 0.15) is 11.1 Å². The second-order valence-corrected chi connectivity index (χ2v) is 6.16. The maximum absolute atomic E-state index is 13.9. The van der Waals surface area contributed by atoms with Gasteiger partial charge in [-0.15, -0.1) is 0 Å². The van der Waals surface area contributed by atoms with Crippen molar-refractivity contribution in [2.45, 2.75) is 6.54 Å². The number of methoxy groups -OCH3 is 1. The average molecular weight is 373 g/mol. The van der Waals surface area contributed by atoms with Gasteiger partial charge in [0.05, 0.1) is 24.7 Å². The van der Waals surface area contributed by atoms with Gasteiger partial charge in [-0.25, -0.2) is 4.39 Å². The fourth-order valence-electron chi connectivity index (χ4n) is 2.94. The van der Waals surface area contributed by atoms with E-state index in [1.54, 1.807) is 19.4 Å². The number of benzene rings is 2. The number of aromatic nitrogens is 3. The van der Waals surface area contributed by atoms with Crippen LogP contribution in [-0.4, -0.2) is 21.9 Å². The van der Waals surface area contributed by atoms with Crippen LogP contribution in [0, 0.1) is 17.1 Å². The summed E-state index contributed by atoms with van der Waals surface area (Å²) < 4.78 is 20.9. The quantitative estimate of drug-likeness (QED) is 0.566. The number of rotatable bonds is 5. The second kappa shape index (κ2) is 7.37. The minimum atomic E-state index is -0.581. The fraction of sp³-hybridized carbons (Fsp3) is 0.0952. The summed E-state index contributed by atoms with van der Waals surface area (Å²) in [4.78, 5) is 4.41. The number of halogens is 1. The van der Waals surface area contributed by atoms with E-state index in [0.717, 1.165) is 16.8 Å². The molecular formula is C21H16FN5O. The highest BCUT2D eigenvalue weighted by molar-refractivity contribution is 5.88. The normalized spacial score (nSPS) is 10.6. The Labute approximate surface area is 160 Å². The SMILES string of the molecule is COc1ccc(Cn2nc(Nc3ccc(C#N)c(F)c3)c3ncccc32)cc1. The molecule has 138 valence electrons. The van der Waals surface area contributed by atoms with Gasteiger partial charge in [-0.05, 0) is 48.0 Å². The van der Waals surface area contributed by atoms with Gasteiger partial charge in [0.15, 0.2) is 5.82 Å². The van der Waals surface area contributed by atoms with Crippen LogP contribution >= 0.6 is 0 Å². The number of nitrogens with one attached hydrogen (secondary N) is 1. The Morgan fingerprint density at radius 2 is 2.00 bits per heavy atom. The molecule has 1 N–H and O–H groups in total. The summed E-state index contributed by atoms with van der Waals surface area (Å²) in [6.45, 7) is 0.551. The molecule has 0 atom stereocenters. The van der Waals surface area contributed by atoms with E-state index in [9.17, 15) is 4.39 Å². The molecule has 4 aromatic rings. The molecule has 0 spiro atoms. The van der Waals surface area contributed by atoms with Gasteiger partial charge in [-0.1, -0.05) is 12.1 Å². The van der Waals surface area contributed by atoms with Crippen molar-refractivity contribution in [1.29, 1.82) is 5.26 Å².